The number of rotatable bonds is 13. The van der Waals surface area contributed by atoms with Crippen LogP contribution < -0.4 is 22.3 Å². The molecule has 1 saturated heterocycles. The van der Waals surface area contributed by atoms with Crippen molar-refractivity contribution in [2.45, 2.75) is 25.4 Å². The molecule has 4 unspecified atom stereocenters. The fourth-order valence-electron chi connectivity index (χ4n) is 3.76. The summed E-state index contributed by atoms with van der Waals surface area (Å²) >= 11 is 0. The number of hydrogen-bond donors (Lipinski definition) is 4. The lowest BCUT2D eigenvalue weighted by Gasteiger charge is -2.19. The minimum absolute atomic E-state index is 0.0489. The largest absolute Gasteiger partial charge is 0.569 e. The lowest BCUT2D eigenvalue weighted by atomic mass is 10.0. The molecule has 0 radical (unpaired) electrons. The zero-order valence-corrected chi connectivity index (χ0v) is 19.5. The maximum atomic E-state index is 12.5. The Labute approximate surface area is 196 Å². The lowest BCUT2D eigenvalue weighted by Crippen LogP contribution is -2.39. The quantitative estimate of drug-likeness (QED) is 0.122. The molecule has 0 saturated carbocycles. The molecule has 1 aliphatic heterocycles. The van der Waals surface area contributed by atoms with Crippen molar-refractivity contribution >= 4 is 6.08 Å². The van der Waals surface area contributed by atoms with Crippen molar-refractivity contribution in [3.05, 3.63) is 56.2 Å². The summed E-state index contributed by atoms with van der Waals surface area (Å²) < 4.78 is 18.0. The van der Waals surface area contributed by atoms with E-state index in [0.717, 1.165) is 0 Å². The van der Waals surface area contributed by atoms with E-state index in [0.29, 0.717) is 18.8 Å². The minimum Gasteiger partial charge on any atom is -0.569 e. The number of H-pyrrole nitrogens is 1. The Kier molecular flexibility index (Phi) is 10.2. The number of nitrogens with zero attached hydrogens (tertiary/aromatic N) is 4. The highest BCUT2D eigenvalue weighted by Crippen LogP contribution is 2.35. The highest BCUT2D eigenvalue weighted by Gasteiger charge is 2.43. The van der Waals surface area contributed by atoms with Crippen LogP contribution in [0, 0.1) is 11.1 Å². The van der Waals surface area contributed by atoms with Crippen LogP contribution >= 0.6 is 0 Å². The number of hydrazine groups is 1. The second kappa shape index (κ2) is 12.9. The molecule has 0 amide bonds. The van der Waals surface area contributed by atoms with Crippen LogP contribution in [0.15, 0.2) is 39.4 Å². The van der Waals surface area contributed by atoms with Gasteiger partial charge in [-0.05, 0) is 12.2 Å². The van der Waals surface area contributed by atoms with Gasteiger partial charge in [-0.25, -0.2) is 4.79 Å². The summed E-state index contributed by atoms with van der Waals surface area (Å²) in [5.74, 6) is -0.176. The van der Waals surface area contributed by atoms with Gasteiger partial charge in [0.2, 0.25) is 5.28 Å². The molecule has 5 N–H and O–H groups in total. The van der Waals surface area contributed by atoms with E-state index < -0.39 is 17.5 Å². The molecule has 14 nitrogen and oxygen atoms in total. The van der Waals surface area contributed by atoms with Gasteiger partial charge in [0.15, 0.2) is 0 Å². The Morgan fingerprint density at radius 1 is 1.50 bits per heavy atom. The highest BCUT2D eigenvalue weighted by atomic mass is 16.6. The van der Waals surface area contributed by atoms with Gasteiger partial charge >= 0.3 is 5.69 Å². The molecule has 0 bridgehead atoms. The van der Waals surface area contributed by atoms with Crippen LogP contribution in [-0.4, -0.2) is 84.0 Å². The topological polar surface area (TPSA) is 182 Å². The van der Waals surface area contributed by atoms with Crippen LogP contribution in [0.3, 0.4) is 0 Å². The van der Waals surface area contributed by atoms with E-state index in [1.54, 1.807) is 20.3 Å². The number of ether oxygens (including phenoxy) is 3. The molecule has 1 fully saturated rings. The van der Waals surface area contributed by atoms with Crippen molar-refractivity contribution in [2.24, 2.45) is 16.9 Å². The second-order valence-electron chi connectivity index (χ2n) is 7.70. The van der Waals surface area contributed by atoms with Crippen LogP contribution in [0.1, 0.15) is 18.7 Å². The fraction of sp³-hybridized carbons (Fsp3) is 0.600. The van der Waals surface area contributed by atoms with E-state index in [-0.39, 0.29) is 48.3 Å². The van der Waals surface area contributed by atoms with Crippen molar-refractivity contribution in [3.8, 4) is 0 Å². The Bertz CT molecular complexity index is 990. The van der Waals surface area contributed by atoms with Crippen LogP contribution in [0.25, 0.3) is 6.08 Å². The molecule has 2 rings (SSSR count). The van der Waals surface area contributed by atoms with Crippen LogP contribution in [0.4, 0.5) is 0 Å². The van der Waals surface area contributed by atoms with Gasteiger partial charge in [-0.15, -0.1) is 5.01 Å². The monoisotopic (exact) mass is 483 g/mol. The summed E-state index contributed by atoms with van der Waals surface area (Å²) in [6.45, 7) is 6.94. The lowest BCUT2D eigenvalue weighted by molar-refractivity contribution is -0.708. The Morgan fingerprint density at radius 3 is 2.85 bits per heavy atom. The Morgan fingerprint density at radius 2 is 2.24 bits per heavy atom. The molecule has 1 aromatic rings. The summed E-state index contributed by atoms with van der Waals surface area (Å²) in [5.41, 5.74) is 4.95. The van der Waals surface area contributed by atoms with Gasteiger partial charge in [0.1, 0.15) is 12.3 Å². The Hall–Kier alpha value is -3.20. The molecular formula is C20H33N7O7. The third-order valence-electron chi connectivity index (χ3n) is 5.41. The molecule has 4 atom stereocenters. The zero-order valence-electron chi connectivity index (χ0n) is 19.5. The molecule has 0 aliphatic carbocycles. The number of aromatic nitrogens is 2. The van der Waals surface area contributed by atoms with E-state index in [4.69, 9.17) is 25.2 Å². The fourth-order valence-corrected chi connectivity index (χ4v) is 3.76. The van der Waals surface area contributed by atoms with E-state index in [1.807, 2.05) is 6.92 Å². The first kappa shape index (κ1) is 27.0. The first-order valence-electron chi connectivity index (χ1n) is 10.7. The van der Waals surface area contributed by atoms with Crippen LogP contribution in [0.2, 0.25) is 0 Å². The summed E-state index contributed by atoms with van der Waals surface area (Å²) in [6.07, 6.45) is 3.19. The van der Waals surface area contributed by atoms with Crippen LogP contribution in [0.5, 0.6) is 0 Å². The van der Waals surface area contributed by atoms with Gasteiger partial charge in [-0.2, -0.15) is 0 Å². The molecule has 0 spiro atoms. The number of allylic oxidation sites excluding steroid dienone is 1. The molecule has 34 heavy (non-hydrogen) atoms. The minimum atomic E-state index is -0.650. The number of nitrogens with two attached hydrogens (primary N) is 1. The van der Waals surface area contributed by atoms with Crippen molar-refractivity contribution in [3.63, 3.8) is 0 Å². The van der Waals surface area contributed by atoms with Gasteiger partial charge in [0, 0.05) is 45.1 Å². The smallest absolute Gasteiger partial charge is 0.330 e. The van der Waals surface area contributed by atoms with E-state index in [1.165, 1.54) is 21.8 Å². The summed E-state index contributed by atoms with van der Waals surface area (Å²) in [4.78, 5) is 27.2. The van der Waals surface area contributed by atoms with Gasteiger partial charge in [0.25, 0.3) is 5.56 Å². The molecule has 1 aromatic heterocycles. The standard InChI is InChI=1S/C20H33N7O7/c1-13(22-8-10-25(9-7-21)27(31)24-30)5-6-15-11-26(20(29)23-18(15)28)19-14(2)17(33-4)16(34-19)12-32-3/h5-6,11,14,16-17,19,22,30H,1,7-10,12,21H2,2-4H3,(H,23,28,29)/b6-5+,27-24?. The predicted octanol–water partition coefficient (Wildman–Crippen LogP) is -0.625. The van der Waals surface area contributed by atoms with Crippen molar-refractivity contribution in [2.75, 3.05) is 47.0 Å². The molecule has 0 aromatic carbocycles. The first-order valence-corrected chi connectivity index (χ1v) is 10.7. The zero-order chi connectivity index (χ0) is 25.3. The normalized spacial score (nSPS) is 22.9. The summed E-state index contributed by atoms with van der Waals surface area (Å²) in [6, 6.07) is 0. The molecule has 190 valence electrons. The van der Waals surface area contributed by atoms with Crippen LogP contribution in [-0.2, 0) is 14.2 Å². The SMILES string of the molecule is C=C(/C=C/c1cn(C2OC(COC)C(OC)C2C)c(=O)[nH]c1=O)NCCN(CCN)[N+]([O-])=NO. The molecule has 14 heteroatoms. The third-order valence-corrected chi connectivity index (χ3v) is 5.41. The molecular weight excluding hydrogens is 450 g/mol. The maximum Gasteiger partial charge on any atom is 0.330 e. The number of hydrogen-bond acceptors (Lipinski definition) is 9. The van der Waals surface area contributed by atoms with E-state index in [9.17, 15) is 14.8 Å². The van der Waals surface area contributed by atoms with E-state index >= 15 is 0 Å². The Balaban J connectivity index is 2.11. The van der Waals surface area contributed by atoms with Crippen molar-refractivity contribution < 1.29 is 24.4 Å². The number of aromatic amines is 1. The summed E-state index contributed by atoms with van der Waals surface area (Å²) in [7, 11) is 3.12. The van der Waals surface area contributed by atoms with E-state index in [2.05, 4.69) is 22.2 Å². The number of nitrogens with one attached hydrogen (secondary N) is 2. The first-order chi connectivity index (χ1) is 16.3. The van der Waals surface area contributed by atoms with Crippen molar-refractivity contribution in [1.82, 2.24) is 19.9 Å². The van der Waals surface area contributed by atoms with Gasteiger partial charge < -0.3 is 35.7 Å². The third kappa shape index (κ3) is 6.66. The van der Waals surface area contributed by atoms with Crippen molar-refractivity contribution in [1.29, 1.82) is 0 Å². The molecule has 1 aliphatic rings. The maximum absolute atomic E-state index is 12.5. The highest BCUT2D eigenvalue weighted by molar-refractivity contribution is 5.50. The average Bonchev–Trinajstić information content (AvgIpc) is 3.12. The average molecular weight is 484 g/mol. The van der Waals surface area contributed by atoms with Gasteiger partial charge in [0.05, 0.1) is 36.3 Å². The van der Waals surface area contributed by atoms with Gasteiger partial charge in [-0.1, -0.05) is 13.5 Å². The molecule has 2 heterocycles. The summed E-state index contributed by atoms with van der Waals surface area (Å²) in [5, 5.41) is 26.8. The predicted molar refractivity (Wildman–Crippen MR) is 122 cm³/mol. The second-order valence-corrected chi connectivity index (χ2v) is 7.70. The number of methoxy groups -OCH3 is 2. The van der Waals surface area contributed by atoms with Gasteiger partial charge in [-0.3, -0.25) is 14.3 Å².